The number of para-hydroxylation sites is 3. The SMILES string of the molecule is CC1(C)c2ccccc2-c2ccc(N(c3ccc4c(c3)-c3ccccc3C43c4ccccc4Oc4c3oc3ccccc43)c3ccccc3-c3ccccc3)cc21. The van der Waals surface area contributed by atoms with Gasteiger partial charge < -0.3 is 14.1 Å². The second-order valence-corrected chi connectivity index (χ2v) is 16.0. The summed E-state index contributed by atoms with van der Waals surface area (Å²) < 4.78 is 13.7. The number of hydrogen-bond acceptors (Lipinski definition) is 3. The number of benzene rings is 8. The van der Waals surface area contributed by atoms with E-state index in [2.05, 4.69) is 195 Å². The maximum absolute atomic E-state index is 6.93. The average molecular weight is 732 g/mol. The molecular formula is C54H37NO2. The molecule has 0 N–H and O–H groups in total. The van der Waals surface area contributed by atoms with Crippen LogP contribution in [0.4, 0.5) is 17.1 Å². The first-order valence-corrected chi connectivity index (χ1v) is 19.8. The van der Waals surface area contributed by atoms with Crippen molar-refractivity contribution in [1.82, 2.24) is 0 Å². The van der Waals surface area contributed by atoms with Crippen molar-refractivity contribution in [3.05, 3.63) is 222 Å². The Hall–Kier alpha value is -7.10. The van der Waals surface area contributed by atoms with Crippen molar-refractivity contribution in [3.8, 4) is 44.9 Å². The molecule has 8 aromatic carbocycles. The first kappa shape index (κ1) is 32.2. The van der Waals surface area contributed by atoms with Crippen LogP contribution < -0.4 is 9.64 Å². The molecule has 1 aromatic heterocycles. The van der Waals surface area contributed by atoms with Crippen LogP contribution in [0.15, 0.2) is 192 Å². The lowest BCUT2D eigenvalue weighted by molar-refractivity contribution is 0.389. The molecule has 1 spiro atoms. The Morgan fingerprint density at radius 2 is 1.04 bits per heavy atom. The van der Waals surface area contributed by atoms with E-state index in [4.69, 9.17) is 9.15 Å². The Bertz CT molecular complexity index is 3100. The van der Waals surface area contributed by atoms with E-state index in [-0.39, 0.29) is 5.41 Å². The molecule has 0 bridgehead atoms. The second-order valence-electron chi connectivity index (χ2n) is 16.0. The highest BCUT2D eigenvalue weighted by atomic mass is 16.5. The first-order chi connectivity index (χ1) is 28.0. The third-order valence-electron chi connectivity index (χ3n) is 12.7. The highest BCUT2D eigenvalue weighted by molar-refractivity contribution is 5.96. The fraction of sp³-hybridized carbons (Fsp3) is 0.0741. The maximum atomic E-state index is 6.93. The first-order valence-electron chi connectivity index (χ1n) is 19.8. The van der Waals surface area contributed by atoms with E-state index >= 15 is 0 Å². The van der Waals surface area contributed by atoms with E-state index in [1.165, 1.54) is 55.6 Å². The van der Waals surface area contributed by atoms with Gasteiger partial charge in [-0.05, 0) is 98.6 Å². The molecule has 270 valence electrons. The molecule has 57 heavy (non-hydrogen) atoms. The molecule has 2 heterocycles. The molecule has 3 aliphatic rings. The fourth-order valence-electron chi connectivity index (χ4n) is 10.2. The summed E-state index contributed by atoms with van der Waals surface area (Å²) in [4.78, 5) is 2.46. The van der Waals surface area contributed by atoms with Crippen LogP contribution in [0, 0.1) is 0 Å². The molecule has 0 radical (unpaired) electrons. The normalized spacial score (nSPS) is 16.2. The van der Waals surface area contributed by atoms with Crippen LogP contribution in [-0.4, -0.2) is 0 Å². The third-order valence-corrected chi connectivity index (χ3v) is 12.7. The number of furan rings is 1. The molecular weight excluding hydrogens is 695 g/mol. The Morgan fingerprint density at radius 3 is 1.88 bits per heavy atom. The lowest BCUT2D eigenvalue weighted by atomic mass is 9.69. The summed E-state index contributed by atoms with van der Waals surface area (Å²) in [6.45, 7) is 4.71. The molecule has 1 unspecified atom stereocenters. The molecule has 3 heteroatoms. The van der Waals surface area contributed by atoms with E-state index in [1.54, 1.807) is 0 Å². The van der Waals surface area contributed by atoms with E-state index in [0.29, 0.717) is 0 Å². The van der Waals surface area contributed by atoms with E-state index in [0.717, 1.165) is 50.9 Å². The van der Waals surface area contributed by atoms with Crippen LogP contribution in [0.25, 0.3) is 44.3 Å². The molecule has 2 aliphatic carbocycles. The summed E-state index contributed by atoms with van der Waals surface area (Å²) in [5.74, 6) is 2.47. The summed E-state index contributed by atoms with van der Waals surface area (Å²) in [6.07, 6.45) is 0. The number of rotatable bonds is 4. The molecule has 0 saturated heterocycles. The van der Waals surface area contributed by atoms with Gasteiger partial charge in [-0.15, -0.1) is 0 Å². The van der Waals surface area contributed by atoms with Gasteiger partial charge in [-0.25, -0.2) is 0 Å². The van der Waals surface area contributed by atoms with Gasteiger partial charge in [0.2, 0.25) is 0 Å². The van der Waals surface area contributed by atoms with Crippen molar-refractivity contribution in [2.45, 2.75) is 24.7 Å². The van der Waals surface area contributed by atoms with Crippen molar-refractivity contribution in [2.24, 2.45) is 0 Å². The molecule has 0 saturated carbocycles. The minimum Gasteiger partial charge on any atom is -0.455 e. The van der Waals surface area contributed by atoms with E-state index in [9.17, 15) is 0 Å². The number of nitrogens with zero attached hydrogens (tertiary/aromatic N) is 1. The van der Waals surface area contributed by atoms with Gasteiger partial charge in [0, 0.05) is 27.9 Å². The van der Waals surface area contributed by atoms with Crippen LogP contribution in [0.5, 0.6) is 11.5 Å². The van der Waals surface area contributed by atoms with Crippen LogP contribution in [0.1, 0.15) is 47.4 Å². The number of ether oxygens (including phenoxy) is 1. The van der Waals surface area contributed by atoms with Gasteiger partial charge in [0.25, 0.3) is 0 Å². The van der Waals surface area contributed by atoms with Crippen molar-refractivity contribution in [1.29, 1.82) is 0 Å². The van der Waals surface area contributed by atoms with Crippen LogP contribution in [0.3, 0.4) is 0 Å². The summed E-state index contributed by atoms with van der Waals surface area (Å²) in [6, 6.07) is 68.0. The lowest BCUT2D eigenvalue weighted by Gasteiger charge is -2.36. The molecule has 3 nitrogen and oxygen atoms in total. The monoisotopic (exact) mass is 731 g/mol. The Morgan fingerprint density at radius 1 is 0.439 bits per heavy atom. The highest BCUT2D eigenvalue weighted by Crippen LogP contribution is 2.64. The number of anilines is 3. The Labute approximate surface area is 332 Å². The minimum atomic E-state index is -0.705. The molecule has 12 rings (SSSR count). The number of hydrogen-bond donors (Lipinski definition) is 0. The van der Waals surface area contributed by atoms with Gasteiger partial charge in [0.15, 0.2) is 11.5 Å². The molecule has 1 atom stereocenters. The smallest absolute Gasteiger partial charge is 0.178 e. The predicted molar refractivity (Wildman–Crippen MR) is 231 cm³/mol. The fourth-order valence-corrected chi connectivity index (χ4v) is 10.2. The highest BCUT2D eigenvalue weighted by Gasteiger charge is 2.54. The standard InChI is InChI=1S/C54H37NO2/c1-53(2)43-22-10-6-19-38(43)40-30-28-36(33-47(40)53)55(48-25-13-8-18-37(48)34-16-4-3-5-17-34)35-29-31-45-42(32-35)39-20-7-11-23-44(39)54(45)46-24-12-15-27-50(46)56-51-41-21-9-14-26-49(41)57-52(51)54/h3-33H,1-2H3. The minimum absolute atomic E-state index is 0.142. The quantitative estimate of drug-likeness (QED) is 0.180. The number of fused-ring (bicyclic) bond motifs is 14. The summed E-state index contributed by atoms with van der Waals surface area (Å²) in [5.41, 5.74) is 16.8. The zero-order chi connectivity index (χ0) is 37.9. The van der Waals surface area contributed by atoms with Crippen molar-refractivity contribution in [2.75, 3.05) is 4.90 Å². The zero-order valence-corrected chi connectivity index (χ0v) is 31.7. The second kappa shape index (κ2) is 11.7. The van der Waals surface area contributed by atoms with Gasteiger partial charge in [-0.2, -0.15) is 0 Å². The average Bonchev–Trinajstić information content (AvgIpc) is 3.86. The molecule has 0 amide bonds. The third kappa shape index (κ3) is 4.31. The zero-order valence-electron chi connectivity index (χ0n) is 31.7. The largest absolute Gasteiger partial charge is 0.455 e. The molecule has 9 aromatic rings. The van der Waals surface area contributed by atoms with Crippen LogP contribution in [-0.2, 0) is 10.8 Å². The van der Waals surface area contributed by atoms with E-state index < -0.39 is 5.41 Å². The lowest BCUT2D eigenvalue weighted by Crippen LogP contribution is -2.31. The van der Waals surface area contributed by atoms with Gasteiger partial charge in [-0.1, -0.05) is 153 Å². The summed E-state index contributed by atoms with van der Waals surface area (Å²) in [7, 11) is 0. The summed E-state index contributed by atoms with van der Waals surface area (Å²) >= 11 is 0. The molecule has 0 fully saturated rings. The van der Waals surface area contributed by atoms with Gasteiger partial charge in [0.05, 0.1) is 11.1 Å². The van der Waals surface area contributed by atoms with Crippen molar-refractivity contribution in [3.63, 3.8) is 0 Å². The van der Waals surface area contributed by atoms with Crippen LogP contribution in [0.2, 0.25) is 0 Å². The van der Waals surface area contributed by atoms with Crippen molar-refractivity contribution >= 4 is 28.0 Å². The summed E-state index contributed by atoms with van der Waals surface area (Å²) in [5, 5.41) is 0.981. The van der Waals surface area contributed by atoms with E-state index in [1.807, 2.05) is 12.1 Å². The van der Waals surface area contributed by atoms with Gasteiger partial charge in [-0.3, -0.25) is 0 Å². The maximum Gasteiger partial charge on any atom is 0.178 e. The van der Waals surface area contributed by atoms with Gasteiger partial charge in [0.1, 0.15) is 16.7 Å². The molecule has 1 aliphatic heterocycles. The van der Waals surface area contributed by atoms with Gasteiger partial charge >= 0.3 is 0 Å². The Balaban J connectivity index is 1.13. The Kier molecular flexibility index (Phi) is 6.61. The van der Waals surface area contributed by atoms with Crippen molar-refractivity contribution < 1.29 is 9.15 Å². The van der Waals surface area contributed by atoms with Crippen LogP contribution >= 0.6 is 0 Å². The predicted octanol–water partition coefficient (Wildman–Crippen LogP) is 14.3. The topological polar surface area (TPSA) is 25.6 Å².